The molecule has 7 heteroatoms. The molecule has 0 radical (unpaired) electrons. The van der Waals surface area contributed by atoms with Gasteiger partial charge in [0, 0.05) is 16.7 Å². The number of hydrogen-bond acceptors (Lipinski definition) is 5. The number of aliphatic imine (C=N–C) groups is 1. The van der Waals surface area contributed by atoms with Gasteiger partial charge < -0.3 is 5.73 Å². The topological polar surface area (TPSA) is 67.6 Å². The van der Waals surface area contributed by atoms with Gasteiger partial charge in [0.2, 0.25) is 0 Å². The minimum atomic E-state index is -0.306. The number of fused-ring (bicyclic) bond motifs is 1. The Morgan fingerprint density at radius 1 is 1.17 bits per heavy atom. The van der Waals surface area contributed by atoms with E-state index >= 15 is 0 Å². The van der Waals surface area contributed by atoms with Gasteiger partial charge >= 0.3 is 0 Å². The van der Waals surface area contributed by atoms with E-state index in [9.17, 15) is 4.39 Å². The van der Waals surface area contributed by atoms with Gasteiger partial charge in [0.25, 0.3) is 0 Å². The third-order valence-electron chi connectivity index (χ3n) is 3.45. The highest BCUT2D eigenvalue weighted by Gasteiger charge is 2.18. The maximum atomic E-state index is 13.2. The molecule has 2 aromatic rings. The monoisotopic (exact) mass is 444 g/mol. The number of hydrazine groups is 1. The van der Waals surface area contributed by atoms with Gasteiger partial charge in [-0.05, 0) is 43.6 Å². The third-order valence-corrected chi connectivity index (χ3v) is 4.59. The van der Waals surface area contributed by atoms with Gasteiger partial charge in [0.1, 0.15) is 10.8 Å². The number of benzene rings is 2. The highest BCUT2D eigenvalue weighted by atomic mass is 35.5. The van der Waals surface area contributed by atoms with Crippen LogP contribution in [0.2, 0.25) is 0 Å². The Bertz CT molecular complexity index is 934. The van der Waals surface area contributed by atoms with Gasteiger partial charge in [0.15, 0.2) is 5.82 Å². The van der Waals surface area contributed by atoms with Crippen LogP contribution < -0.4 is 16.6 Å². The van der Waals surface area contributed by atoms with Gasteiger partial charge in [-0.2, -0.15) is 0 Å². The molecule has 1 heterocycles. The Morgan fingerprint density at radius 2 is 1.87 bits per heavy atom. The number of thioether (sulfide) groups is 1. The lowest BCUT2D eigenvalue weighted by Gasteiger charge is -2.25. The van der Waals surface area contributed by atoms with Crippen molar-refractivity contribution in [3.63, 3.8) is 0 Å². The Hall–Kier alpha value is -2.80. The highest BCUT2D eigenvalue weighted by Crippen LogP contribution is 2.31. The number of anilines is 1. The van der Waals surface area contributed by atoms with E-state index in [1.54, 1.807) is 30.5 Å². The zero-order chi connectivity index (χ0) is 22.4. The predicted octanol–water partition coefficient (Wildman–Crippen LogP) is 6.32. The Morgan fingerprint density at radius 3 is 2.43 bits per heavy atom. The van der Waals surface area contributed by atoms with Crippen LogP contribution in [0.15, 0.2) is 106 Å². The molecule has 0 unspecified atom stereocenters. The second-order valence-electron chi connectivity index (χ2n) is 5.66. The first kappa shape index (κ1) is 25.2. The number of rotatable bonds is 3. The first-order valence-corrected chi connectivity index (χ1v) is 10.3. The number of para-hydroxylation sites is 1. The van der Waals surface area contributed by atoms with Gasteiger partial charge in [-0.25, -0.2) is 15.2 Å². The van der Waals surface area contributed by atoms with E-state index in [2.05, 4.69) is 11.6 Å². The summed E-state index contributed by atoms with van der Waals surface area (Å²) in [5, 5.41) is 1.85. The quantitative estimate of drug-likeness (QED) is 0.330. The molecule has 0 bridgehead atoms. The first-order valence-electron chi connectivity index (χ1n) is 9.04. The Balaban J connectivity index is 0.000000425. The smallest absolute Gasteiger partial charge is 0.177 e. The molecule has 1 aliphatic heterocycles. The first-order chi connectivity index (χ1) is 14.5. The van der Waals surface area contributed by atoms with Crippen LogP contribution in [0.3, 0.4) is 0 Å². The summed E-state index contributed by atoms with van der Waals surface area (Å²) in [6.45, 7) is 7.29. The molecule has 158 valence electrons. The molecule has 0 fully saturated rings. The predicted molar refractivity (Wildman–Crippen MR) is 130 cm³/mol. The Kier molecular flexibility index (Phi) is 12.0. The molecule has 30 heavy (non-hydrogen) atoms. The molecule has 0 amide bonds. The second-order valence-corrected chi connectivity index (χ2v) is 7.02. The van der Waals surface area contributed by atoms with Crippen molar-refractivity contribution in [3.8, 4) is 0 Å². The molecular weight excluding hydrogens is 419 g/mol. The SMILES string of the molecule is C/C=C/Cl.C=C/C=C\C.N/C(Sc1cccc(F)c1)=C1/N=Cc2ccccc2N1N. The van der Waals surface area contributed by atoms with Crippen LogP contribution in [0, 0.1) is 5.82 Å². The minimum absolute atomic E-state index is 0.306. The van der Waals surface area contributed by atoms with Crippen molar-refractivity contribution in [1.29, 1.82) is 0 Å². The minimum Gasteiger partial charge on any atom is -0.390 e. The lowest BCUT2D eigenvalue weighted by Crippen LogP contribution is -2.34. The van der Waals surface area contributed by atoms with Crippen molar-refractivity contribution in [2.75, 3.05) is 5.01 Å². The van der Waals surface area contributed by atoms with E-state index in [4.69, 9.17) is 23.2 Å². The average molecular weight is 445 g/mol. The third kappa shape index (κ3) is 8.29. The van der Waals surface area contributed by atoms with E-state index in [0.29, 0.717) is 15.7 Å². The largest absolute Gasteiger partial charge is 0.390 e. The second kappa shape index (κ2) is 14.2. The molecule has 1 aliphatic rings. The maximum Gasteiger partial charge on any atom is 0.177 e. The van der Waals surface area contributed by atoms with E-state index in [1.165, 1.54) is 34.4 Å². The summed E-state index contributed by atoms with van der Waals surface area (Å²) in [7, 11) is 0. The van der Waals surface area contributed by atoms with Crippen molar-refractivity contribution in [2.45, 2.75) is 18.7 Å². The summed E-state index contributed by atoms with van der Waals surface area (Å²) in [6, 6.07) is 13.8. The van der Waals surface area contributed by atoms with Crippen LogP contribution in [0.25, 0.3) is 0 Å². The summed E-state index contributed by atoms with van der Waals surface area (Å²) in [5.41, 5.74) is 9.28. The number of nitrogens with two attached hydrogens (primary N) is 2. The van der Waals surface area contributed by atoms with Crippen molar-refractivity contribution in [3.05, 3.63) is 107 Å². The number of allylic oxidation sites excluding steroid dienone is 4. The fourth-order valence-corrected chi connectivity index (χ4v) is 2.96. The van der Waals surface area contributed by atoms with Gasteiger partial charge in [0.05, 0.1) is 5.69 Å². The summed E-state index contributed by atoms with van der Waals surface area (Å²) in [5.74, 6) is 6.21. The van der Waals surface area contributed by atoms with Crippen LogP contribution in [-0.2, 0) is 0 Å². The van der Waals surface area contributed by atoms with Crippen LogP contribution in [0.4, 0.5) is 10.1 Å². The highest BCUT2D eigenvalue weighted by molar-refractivity contribution is 8.03. The van der Waals surface area contributed by atoms with E-state index in [1.807, 2.05) is 50.3 Å². The average Bonchev–Trinajstić information content (AvgIpc) is 2.75. The summed E-state index contributed by atoms with van der Waals surface area (Å²) >= 11 is 6.23. The zero-order valence-electron chi connectivity index (χ0n) is 17.0. The molecule has 4 nitrogen and oxygen atoms in total. The molecular formula is C23H26ClFN4S. The van der Waals surface area contributed by atoms with Crippen LogP contribution in [-0.4, -0.2) is 6.21 Å². The molecule has 0 atom stereocenters. The van der Waals surface area contributed by atoms with Crippen molar-refractivity contribution in [2.24, 2.45) is 16.6 Å². The lowest BCUT2D eigenvalue weighted by atomic mass is 10.1. The molecule has 0 aromatic heterocycles. The number of halogens is 2. The van der Waals surface area contributed by atoms with Gasteiger partial charge in [-0.15, -0.1) is 0 Å². The maximum absolute atomic E-state index is 13.2. The standard InChI is InChI=1S/C15H13FN4S.C5H8.C3H5Cl/c16-11-5-3-6-12(8-11)21-14(17)15-19-9-10-4-1-2-7-13(10)20(15)18;1-3-5-4-2;1-2-3-4/h1-9H,17-18H2;3-5H,1H2,2H3;2-3H,1H3/b15-14+;5-4-;3-2+. The number of nitrogens with zero attached hydrogens (tertiary/aromatic N) is 2. The molecule has 0 saturated heterocycles. The Labute approximate surface area is 187 Å². The number of hydrogen-bond donors (Lipinski definition) is 2. The molecule has 0 saturated carbocycles. The molecule has 2 aromatic carbocycles. The van der Waals surface area contributed by atoms with Gasteiger partial charge in [-0.1, -0.05) is 78.5 Å². The van der Waals surface area contributed by atoms with Crippen LogP contribution >= 0.6 is 23.4 Å². The van der Waals surface area contributed by atoms with Gasteiger partial charge in [-0.3, -0.25) is 5.01 Å². The van der Waals surface area contributed by atoms with E-state index < -0.39 is 0 Å². The molecule has 4 N–H and O–H groups in total. The normalized spacial score (nSPS) is 13.8. The summed E-state index contributed by atoms with van der Waals surface area (Å²) < 4.78 is 13.2. The van der Waals surface area contributed by atoms with Crippen LogP contribution in [0.5, 0.6) is 0 Å². The van der Waals surface area contributed by atoms with Crippen LogP contribution in [0.1, 0.15) is 19.4 Å². The van der Waals surface area contributed by atoms with E-state index in [0.717, 1.165) is 11.3 Å². The lowest BCUT2D eigenvalue weighted by molar-refractivity contribution is 0.624. The molecule has 3 rings (SSSR count). The molecule has 0 aliphatic carbocycles. The fourth-order valence-electron chi connectivity index (χ4n) is 2.14. The van der Waals surface area contributed by atoms with Crippen molar-refractivity contribution >= 4 is 35.3 Å². The fraction of sp³-hybridized carbons (Fsp3) is 0.0870. The van der Waals surface area contributed by atoms with Crippen molar-refractivity contribution < 1.29 is 4.39 Å². The summed E-state index contributed by atoms with van der Waals surface area (Å²) in [6.07, 6.45) is 9.06. The molecule has 0 spiro atoms. The van der Waals surface area contributed by atoms with E-state index in [-0.39, 0.29) is 5.82 Å². The summed E-state index contributed by atoms with van der Waals surface area (Å²) in [4.78, 5) is 4.98. The zero-order valence-corrected chi connectivity index (χ0v) is 18.6. The van der Waals surface area contributed by atoms with Crippen molar-refractivity contribution in [1.82, 2.24) is 0 Å².